The number of hydrogen-bond donors (Lipinski definition) is 1. The lowest BCUT2D eigenvalue weighted by Gasteiger charge is -2.36. The normalized spacial score (nSPS) is 26.4. The smallest absolute Gasteiger partial charge is 0.0331 e. The molecule has 0 aromatic carbocycles. The first kappa shape index (κ1) is 14.0. The van der Waals surface area contributed by atoms with Crippen molar-refractivity contribution in [1.82, 2.24) is 10.2 Å². The molecule has 1 aromatic rings. The maximum absolute atomic E-state index is 3.57. The molecule has 4 heteroatoms. The van der Waals surface area contributed by atoms with Gasteiger partial charge in [-0.15, -0.1) is 23.7 Å². The van der Waals surface area contributed by atoms with Gasteiger partial charge in [0.2, 0.25) is 0 Å². The van der Waals surface area contributed by atoms with E-state index in [1.165, 1.54) is 23.5 Å². The van der Waals surface area contributed by atoms with Crippen LogP contribution in [0.5, 0.6) is 0 Å². The molecule has 2 unspecified atom stereocenters. The second-order valence-corrected chi connectivity index (χ2v) is 5.69. The summed E-state index contributed by atoms with van der Waals surface area (Å²) in [5, 5.41) is 5.76. The highest BCUT2D eigenvalue weighted by atomic mass is 35.5. The van der Waals surface area contributed by atoms with E-state index in [2.05, 4.69) is 42.4 Å². The Labute approximate surface area is 108 Å². The predicted octanol–water partition coefficient (Wildman–Crippen LogP) is 2.66. The summed E-state index contributed by atoms with van der Waals surface area (Å²) in [5.74, 6) is 0. The van der Waals surface area contributed by atoms with Gasteiger partial charge < -0.3 is 5.32 Å². The highest BCUT2D eigenvalue weighted by Crippen LogP contribution is 2.19. The van der Waals surface area contributed by atoms with E-state index in [9.17, 15) is 0 Å². The van der Waals surface area contributed by atoms with E-state index in [1.54, 1.807) is 0 Å². The lowest BCUT2D eigenvalue weighted by atomic mass is 10.1. The Hall–Kier alpha value is -0.0900. The van der Waals surface area contributed by atoms with Gasteiger partial charge in [-0.1, -0.05) is 0 Å². The Morgan fingerprint density at radius 1 is 1.38 bits per heavy atom. The molecule has 0 bridgehead atoms. The number of aryl methyl sites for hydroxylation is 1. The molecule has 16 heavy (non-hydrogen) atoms. The van der Waals surface area contributed by atoms with Crippen molar-refractivity contribution in [3.05, 3.63) is 21.9 Å². The second-order valence-electron chi connectivity index (χ2n) is 4.69. The topological polar surface area (TPSA) is 15.3 Å². The molecule has 1 fully saturated rings. The number of nitrogens with one attached hydrogen (secondary N) is 1. The van der Waals surface area contributed by atoms with Crippen LogP contribution < -0.4 is 5.32 Å². The number of nitrogens with zero attached hydrogens (tertiary/aromatic N) is 1. The van der Waals surface area contributed by atoms with E-state index in [-0.39, 0.29) is 12.4 Å². The van der Waals surface area contributed by atoms with Crippen LogP contribution in [-0.2, 0) is 6.54 Å². The van der Waals surface area contributed by atoms with E-state index in [0.717, 1.165) is 6.54 Å². The second kappa shape index (κ2) is 6.01. The van der Waals surface area contributed by atoms with Gasteiger partial charge in [-0.3, -0.25) is 4.90 Å². The van der Waals surface area contributed by atoms with Crippen molar-refractivity contribution in [3.8, 4) is 0 Å². The molecule has 2 atom stereocenters. The van der Waals surface area contributed by atoms with Gasteiger partial charge in [0.15, 0.2) is 0 Å². The zero-order chi connectivity index (χ0) is 10.8. The molecule has 2 heterocycles. The minimum Gasteiger partial charge on any atom is -0.309 e. The van der Waals surface area contributed by atoms with Crippen molar-refractivity contribution in [2.45, 2.75) is 39.4 Å². The van der Waals surface area contributed by atoms with Gasteiger partial charge in [-0.05, 0) is 37.8 Å². The minimum atomic E-state index is 0. The largest absolute Gasteiger partial charge is 0.309 e. The zero-order valence-electron chi connectivity index (χ0n) is 10.2. The molecule has 1 aromatic heterocycles. The third kappa shape index (κ3) is 3.45. The number of piperazine rings is 1. The lowest BCUT2D eigenvalue weighted by molar-refractivity contribution is 0.167. The Balaban J connectivity index is 0.00000128. The molecule has 0 radical (unpaired) electrons. The van der Waals surface area contributed by atoms with Crippen molar-refractivity contribution in [2.24, 2.45) is 0 Å². The zero-order valence-corrected chi connectivity index (χ0v) is 11.8. The lowest BCUT2D eigenvalue weighted by Crippen LogP contribution is -2.53. The monoisotopic (exact) mass is 260 g/mol. The van der Waals surface area contributed by atoms with Crippen molar-refractivity contribution < 1.29 is 0 Å². The number of thiophene rings is 1. The predicted molar refractivity (Wildman–Crippen MR) is 73.6 cm³/mol. The molecule has 0 spiro atoms. The highest BCUT2D eigenvalue weighted by molar-refractivity contribution is 7.10. The average molecular weight is 261 g/mol. The van der Waals surface area contributed by atoms with Crippen LogP contribution in [0.15, 0.2) is 11.4 Å². The third-order valence-electron chi connectivity index (χ3n) is 2.97. The van der Waals surface area contributed by atoms with Gasteiger partial charge in [-0.25, -0.2) is 0 Å². The molecule has 1 N–H and O–H groups in total. The summed E-state index contributed by atoms with van der Waals surface area (Å²) in [7, 11) is 0. The summed E-state index contributed by atoms with van der Waals surface area (Å²) in [4.78, 5) is 4.08. The first-order valence-electron chi connectivity index (χ1n) is 5.66. The van der Waals surface area contributed by atoms with Crippen LogP contribution in [0, 0.1) is 6.92 Å². The van der Waals surface area contributed by atoms with E-state index >= 15 is 0 Å². The van der Waals surface area contributed by atoms with E-state index in [4.69, 9.17) is 0 Å². The molecule has 0 saturated carbocycles. The van der Waals surface area contributed by atoms with Crippen molar-refractivity contribution >= 4 is 23.7 Å². The molecule has 1 aliphatic heterocycles. The fourth-order valence-corrected chi connectivity index (χ4v) is 3.29. The van der Waals surface area contributed by atoms with Crippen LogP contribution in [0.4, 0.5) is 0 Å². The summed E-state index contributed by atoms with van der Waals surface area (Å²) < 4.78 is 0. The summed E-state index contributed by atoms with van der Waals surface area (Å²) in [6.45, 7) is 10.2. The van der Waals surface area contributed by atoms with Crippen LogP contribution >= 0.6 is 23.7 Å². The first-order valence-corrected chi connectivity index (χ1v) is 6.54. The molecule has 0 aliphatic carbocycles. The Bertz CT molecular complexity index is 317. The number of hydrogen-bond acceptors (Lipinski definition) is 3. The number of halogens is 1. The molecule has 0 amide bonds. The van der Waals surface area contributed by atoms with Gasteiger partial charge >= 0.3 is 0 Å². The summed E-state index contributed by atoms with van der Waals surface area (Å²) in [6, 6.07) is 3.46. The van der Waals surface area contributed by atoms with Crippen molar-refractivity contribution in [3.63, 3.8) is 0 Å². The molecule has 2 rings (SSSR count). The quantitative estimate of drug-likeness (QED) is 0.880. The van der Waals surface area contributed by atoms with Crippen LogP contribution in [0.1, 0.15) is 24.3 Å². The molecule has 1 saturated heterocycles. The Morgan fingerprint density at radius 2 is 2.00 bits per heavy atom. The van der Waals surface area contributed by atoms with E-state index < -0.39 is 0 Å². The average Bonchev–Trinajstić information content (AvgIpc) is 2.50. The van der Waals surface area contributed by atoms with Gasteiger partial charge in [-0.2, -0.15) is 0 Å². The van der Waals surface area contributed by atoms with Crippen LogP contribution in [0.25, 0.3) is 0 Å². The van der Waals surface area contributed by atoms with Crippen LogP contribution in [0.2, 0.25) is 0 Å². The standard InChI is InChI=1S/C12H20N2S.ClH/c1-9-4-5-15-12(9)8-14-6-10(2)13-11(3)7-14;/h4-5,10-11,13H,6-8H2,1-3H3;1H. The molecule has 1 aliphatic rings. The van der Waals surface area contributed by atoms with Crippen molar-refractivity contribution in [1.29, 1.82) is 0 Å². The van der Waals surface area contributed by atoms with E-state index in [1.807, 2.05) is 11.3 Å². The van der Waals surface area contributed by atoms with Gasteiger partial charge in [0.1, 0.15) is 0 Å². The molecule has 92 valence electrons. The van der Waals surface area contributed by atoms with Gasteiger partial charge in [0.25, 0.3) is 0 Å². The first-order chi connectivity index (χ1) is 7.15. The van der Waals surface area contributed by atoms with Crippen LogP contribution in [-0.4, -0.2) is 30.1 Å². The maximum atomic E-state index is 3.57. The maximum Gasteiger partial charge on any atom is 0.0331 e. The third-order valence-corrected chi connectivity index (χ3v) is 3.98. The number of rotatable bonds is 2. The van der Waals surface area contributed by atoms with Gasteiger partial charge in [0.05, 0.1) is 0 Å². The summed E-state index contributed by atoms with van der Waals surface area (Å²) in [6.07, 6.45) is 0. The molecule has 2 nitrogen and oxygen atoms in total. The van der Waals surface area contributed by atoms with Gasteiger partial charge in [0, 0.05) is 36.6 Å². The fraction of sp³-hybridized carbons (Fsp3) is 0.667. The highest BCUT2D eigenvalue weighted by Gasteiger charge is 2.21. The molecular formula is C12H21ClN2S. The van der Waals surface area contributed by atoms with Crippen molar-refractivity contribution in [2.75, 3.05) is 13.1 Å². The molecular weight excluding hydrogens is 240 g/mol. The van der Waals surface area contributed by atoms with Crippen LogP contribution in [0.3, 0.4) is 0 Å². The fourth-order valence-electron chi connectivity index (χ4n) is 2.34. The Morgan fingerprint density at radius 3 is 2.50 bits per heavy atom. The minimum absolute atomic E-state index is 0. The summed E-state index contributed by atoms with van der Waals surface area (Å²) >= 11 is 1.88. The Kier molecular flexibility index (Phi) is 5.25. The summed E-state index contributed by atoms with van der Waals surface area (Å²) in [5.41, 5.74) is 1.44. The van der Waals surface area contributed by atoms with E-state index in [0.29, 0.717) is 12.1 Å². The SMILES string of the molecule is Cc1ccsc1CN1CC(C)NC(C)C1.Cl.